The first kappa shape index (κ1) is 10.1. The van der Waals surface area contributed by atoms with Crippen molar-refractivity contribution in [2.45, 2.75) is 33.3 Å². The molecule has 1 unspecified atom stereocenters. The van der Waals surface area contributed by atoms with Crippen molar-refractivity contribution in [3.05, 3.63) is 0 Å². The monoisotopic (exact) mass is 165 g/mol. The average Bonchev–Trinajstić information content (AvgIpc) is 1.60. The zero-order valence-electron chi connectivity index (χ0n) is 6.71. The Balaban J connectivity index is 3.99. The molecule has 0 amide bonds. The van der Waals surface area contributed by atoms with Crippen LogP contribution >= 0.6 is 0 Å². The lowest BCUT2D eigenvalue weighted by atomic mass is 9.95. The van der Waals surface area contributed by atoms with Crippen molar-refractivity contribution in [1.82, 2.24) is 0 Å². The Hall–Kier alpha value is 0.0700. The van der Waals surface area contributed by atoms with Gasteiger partial charge in [0, 0.05) is 0 Å². The predicted octanol–water partition coefficient (Wildman–Crippen LogP) is 1.23. The van der Waals surface area contributed by atoms with Crippen molar-refractivity contribution in [1.29, 1.82) is 0 Å². The molecule has 0 aliphatic rings. The van der Waals surface area contributed by atoms with Crippen LogP contribution in [-0.2, 0) is 15.5 Å². The molecule has 0 saturated carbocycles. The lowest BCUT2D eigenvalue weighted by Gasteiger charge is -2.29. The van der Waals surface area contributed by atoms with Gasteiger partial charge >= 0.3 is 0 Å². The summed E-state index contributed by atoms with van der Waals surface area (Å²) >= 11 is -2.41. The van der Waals surface area contributed by atoms with Gasteiger partial charge in [0.25, 0.3) is 0 Å². The molecular formula is C6H13O3S-. The quantitative estimate of drug-likeness (QED) is 0.591. The molecule has 3 nitrogen and oxygen atoms in total. The summed E-state index contributed by atoms with van der Waals surface area (Å²) in [5, 5.41) is 0. The van der Waals surface area contributed by atoms with E-state index in [1.54, 1.807) is 13.8 Å². The summed E-state index contributed by atoms with van der Waals surface area (Å²) in [7, 11) is 0. The molecule has 0 aliphatic carbocycles. The Bertz CT molecular complexity index is 131. The summed E-state index contributed by atoms with van der Waals surface area (Å²) in [6.07, 6.45) is 0. The largest absolute Gasteiger partial charge is 0.750 e. The molecule has 0 spiro atoms. The van der Waals surface area contributed by atoms with Crippen molar-refractivity contribution >= 4 is 11.4 Å². The molecule has 0 heterocycles. The molecule has 0 saturated heterocycles. The van der Waals surface area contributed by atoms with E-state index in [0.717, 1.165) is 0 Å². The van der Waals surface area contributed by atoms with Gasteiger partial charge in [-0.3, -0.25) is 4.18 Å². The molecule has 0 aromatic heterocycles. The van der Waals surface area contributed by atoms with Crippen LogP contribution in [0.25, 0.3) is 0 Å². The SMILES string of the molecule is CC(C)C(C)(C)OS(=O)[O-]. The van der Waals surface area contributed by atoms with Gasteiger partial charge in [-0.05, 0) is 19.8 Å². The van der Waals surface area contributed by atoms with E-state index in [4.69, 9.17) is 0 Å². The molecule has 0 aromatic rings. The van der Waals surface area contributed by atoms with Crippen LogP contribution in [0.15, 0.2) is 0 Å². The highest BCUT2D eigenvalue weighted by atomic mass is 32.2. The normalized spacial score (nSPS) is 15.8. The van der Waals surface area contributed by atoms with Gasteiger partial charge in [0.15, 0.2) is 0 Å². The van der Waals surface area contributed by atoms with E-state index >= 15 is 0 Å². The fourth-order valence-electron chi connectivity index (χ4n) is 0.272. The van der Waals surface area contributed by atoms with Crippen molar-refractivity contribution in [3.8, 4) is 0 Å². The van der Waals surface area contributed by atoms with Gasteiger partial charge in [0.2, 0.25) is 0 Å². The Labute approximate surface area is 64.3 Å². The van der Waals surface area contributed by atoms with Gasteiger partial charge in [0.05, 0.1) is 17.0 Å². The van der Waals surface area contributed by atoms with Crippen molar-refractivity contribution < 1.29 is 12.9 Å². The standard InChI is InChI=1S/C6H14O3S/c1-5(2)6(3,4)9-10(7)8/h5H,1-4H3,(H,7,8)/p-1. The highest BCUT2D eigenvalue weighted by Crippen LogP contribution is 2.20. The fourth-order valence-corrected chi connectivity index (χ4v) is 0.815. The zero-order valence-corrected chi connectivity index (χ0v) is 7.53. The molecule has 62 valence electrons. The molecule has 1 atom stereocenters. The minimum atomic E-state index is -2.41. The Kier molecular flexibility index (Phi) is 3.48. The second-order valence-corrected chi connectivity index (χ2v) is 3.62. The maximum absolute atomic E-state index is 10.1. The molecule has 0 radical (unpaired) electrons. The Morgan fingerprint density at radius 1 is 1.50 bits per heavy atom. The number of rotatable bonds is 3. The van der Waals surface area contributed by atoms with Gasteiger partial charge < -0.3 is 4.55 Å². The Morgan fingerprint density at radius 3 is 2.00 bits per heavy atom. The maximum Gasteiger partial charge on any atom is 0.0847 e. The molecule has 4 heteroatoms. The molecule has 0 aromatic carbocycles. The molecule has 0 rings (SSSR count). The maximum atomic E-state index is 10.1. The summed E-state index contributed by atoms with van der Waals surface area (Å²) in [5.74, 6) is 0.186. The minimum absolute atomic E-state index is 0.186. The number of hydrogen-bond acceptors (Lipinski definition) is 3. The summed E-state index contributed by atoms with van der Waals surface area (Å²) in [6.45, 7) is 7.31. The van der Waals surface area contributed by atoms with Crippen molar-refractivity contribution in [2.75, 3.05) is 0 Å². The van der Waals surface area contributed by atoms with E-state index in [9.17, 15) is 8.76 Å². The molecule has 0 fully saturated rings. The third-order valence-corrected chi connectivity index (χ3v) is 2.24. The zero-order chi connectivity index (χ0) is 8.36. The molecule has 0 aliphatic heterocycles. The van der Waals surface area contributed by atoms with E-state index in [-0.39, 0.29) is 5.92 Å². The van der Waals surface area contributed by atoms with E-state index < -0.39 is 17.0 Å². The van der Waals surface area contributed by atoms with Crippen LogP contribution in [0.1, 0.15) is 27.7 Å². The lowest BCUT2D eigenvalue weighted by Crippen LogP contribution is -2.31. The van der Waals surface area contributed by atoms with E-state index in [1.165, 1.54) is 0 Å². The van der Waals surface area contributed by atoms with E-state index in [0.29, 0.717) is 0 Å². The smallest absolute Gasteiger partial charge is 0.0847 e. The van der Waals surface area contributed by atoms with Crippen molar-refractivity contribution in [3.63, 3.8) is 0 Å². The third-order valence-electron chi connectivity index (χ3n) is 1.67. The summed E-state index contributed by atoms with van der Waals surface area (Å²) in [4.78, 5) is 0. The highest BCUT2D eigenvalue weighted by Gasteiger charge is 2.23. The van der Waals surface area contributed by atoms with E-state index in [1.807, 2.05) is 13.8 Å². The van der Waals surface area contributed by atoms with Gasteiger partial charge in [-0.25, -0.2) is 4.21 Å². The van der Waals surface area contributed by atoms with Crippen LogP contribution in [0.2, 0.25) is 0 Å². The first-order chi connectivity index (χ1) is 4.36. The van der Waals surface area contributed by atoms with Gasteiger partial charge in [-0.1, -0.05) is 13.8 Å². The molecule has 10 heavy (non-hydrogen) atoms. The summed E-state index contributed by atoms with van der Waals surface area (Å²) < 4.78 is 24.8. The van der Waals surface area contributed by atoms with E-state index in [2.05, 4.69) is 4.18 Å². The fraction of sp³-hybridized carbons (Fsp3) is 1.00. The summed E-state index contributed by atoms with van der Waals surface area (Å²) in [5.41, 5.74) is -0.591. The topological polar surface area (TPSA) is 49.4 Å². The van der Waals surface area contributed by atoms with Crippen LogP contribution in [0.5, 0.6) is 0 Å². The minimum Gasteiger partial charge on any atom is -0.750 e. The molecule has 0 N–H and O–H groups in total. The lowest BCUT2D eigenvalue weighted by molar-refractivity contribution is 0.0640. The Morgan fingerprint density at radius 2 is 1.90 bits per heavy atom. The van der Waals surface area contributed by atoms with Gasteiger partial charge in [-0.15, -0.1) is 0 Å². The second kappa shape index (κ2) is 3.46. The van der Waals surface area contributed by atoms with Crippen LogP contribution in [0, 0.1) is 5.92 Å². The average molecular weight is 165 g/mol. The highest BCUT2D eigenvalue weighted by molar-refractivity contribution is 7.74. The van der Waals surface area contributed by atoms with Gasteiger partial charge in [0.1, 0.15) is 0 Å². The second-order valence-electron chi connectivity index (χ2n) is 3.05. The molecular weight excluding hydrogens is 152 g/mol. The molecule has 0 bridgehead atoms. The third kappa shape index (κ3) is 3.29. The predicted molar refractivity (Wildman–Crippen MR) is 38.9 cm³/mol. The first-order valence-corrected chi connectivity index (χ1v) is 4.15. The van der Waals surface area contributed by atoms with Crippen LogP contribution in [0.3, 0.4) is 0 Å². The first-order valence-electron chi connectivity index (χ1n) is 3.15. The van der Waals surface area contributed by atoms with Gasteiger partial charge in [-0.2, -0.15) is 0 Å². The number of hydrogen-bond donors (Lipinski definition) is 0. The van der Waals surface area contributed by atoms with Crippen LogP contribution in [-0.4, -0.2) is 14.4 Å². The van der Waals surface area contributed by atoms with Crippen molar-refractivity contribution in [2.24, 2.45) is 5.92 Å². The summed E-state index contributed by atoms with van der Waals surface area (Å²) in [6, 6.07) is 0. The van der Waals surface area contributed by atoms with Crippen LogP contribution in [0.4, 0.5) is 0 Å². The van der Waals surface area contributed by atoms with Crippen LogP contribution < -0.4 is 0 Å².